The SMILES string of the molecule is Cc1nc(C#N)c(N2CCN(C(=O)Cn3c(Br)nc4c(=O)n(C)c(=O)n(C)c43)CC2)o1. The monoisotopic (exact) mass is 490 g/mol. The Kier molecular flexibility index (Phi) is 5.18. The molecule has 0 aliphatic carbocycles. The van der Waals surface area contributed by atoms with E-state index in [1.165, 1.54) is 23.2 Å². The molecule has 3 aromatic heterocycles. The lowest BCUT2D eigenvalue weighted by molar-refractivity contribution is -0.132. The first-order chi connectivity index (χ1) is 14.7. The Hall–Kier alpha value is -3.40. The average molecular weight is 491 g/mol. The number of carbonyl (C=O) groups excluding carboxylic acids is 1. The van der Waals surface area contributed by atoms with Crippen molar-refractivity contribution in [2.75, 3.05) is 31.1 Å². The van der Waals surface area contributed by atoms with Crippen LogP contribution in [0.4, 0.5) is 5.88 Å². The molecule has 1 aliphatic rings. The van der Waals surface area contributed by atoms with Crippen molar-refractivity contribution >= 4 is 38.9 Å². The minimum Gasteiger partial charge on any atom is -0.424 e. The number of rotatable bonds is 3. The molecule has 1 saturated heterocycles. The van der Waals surface area contributed by atoms with Crippen molar-refractivity contribution in [3.63, 3.8) is 0 Å². The summed E-state index contributed by atoms with van der Waals surface area (Å²) < 4.78 is 9.63. The molecule has 0 unspecified atom stereocenters. The molecule has 13 heteroatoms. The highest BCUT2D eigenvalue weighted by Gasteiger charge is 2.27. The fraction of sp³-hybridized carbons (Fsp3) is 0.444. The van der Waals surface area contributed by atoms with Crippen LogP contribution < -0.4 is 16.1 Å². The van der Waals surface area contributed by atoms with E-state index in [1.807, 2.05) is 11.0 Å². The van der Waals surface area contributed by atoms with E-state index in [-0.39, 0.29) is 29.3 Å². The van der Waals surface area contributed by atoms with Gasteiger partial charge in [-0.1, -0.05) is 0 Å². The number of oxazole rings is 1. The minimum atomic E-state index is -0.519. The van der Waals surface area contributed by atoms with E-state index in [1.54, 1.807) is 11.8 Å². The topological polar surface area (TPSA) is 135 Å². The quantitative estimate of drug-likeness (QED) is 0.457. The van der Waals surface area contributed by atoms with Gasteiger partial charge in [-0.15, -0.1) is 0 Å². The predicted molar refractivity (Wildman–Crippen MR) is 113 cm³/mol. The molecule has 0 saturated carbocycles. The van der Waals surface area contributed by atoms with Crippen molar-refractivity contribution in [2.24, 2.45) is 14.1 Å². The lowest BCUT2D eigenvalue weighted by Crippen LogP contribution is -2.49. The number of amides is 1. The zero-order chi connectivity index (χ0) is 22.4. The lowest BCUT2D eigenvalue weighted by Gasteiger charge is -2.34. The molecule has 4 heterocycles. The molecular formula is C18H19BrN8O4. The molecule has 3 aromatic rings. The summed E-state index contributed by atoms with van der Waals surface area (Å²) in [7, 11) is 2.92. The summed E-state index contributed by atoms with van der Waals surface area (Å²) in [6, 6.07) is 2.02. The molecule has 0 atom stereocenters. The van der Waals surface area contributed by atoms with Crippen LogP contribution in [-0.2, 0) is 25.4 Å². The van der Waals surface area contributed by atoms with Crippen molar-refractivity contribution in [1.82, 2.24) is 28.6 Å². The highest BCUT2D eigenvalue weighted by Crippen LogP contribution is 2.23. The molecule has 31 heavy (non-hydrogen) atoms. The summed E-state index contributed by atoms with van der Waals surface area (Å²) in [6.45, 7) is 3.42. The molecule has 0 bridgehead atoms. The van der Waals surface area contributed by atoms with Crippen LogP contribution >= 0.6 is 15.9 Å². The Morgan fingerprint density at radius 1 is 1.16 bits per heavy atom. The standard InChI is InChI=1S/C18H19BrN8O4/c1-10-21-11(8-20)16(31-10)26-6-4-25(5-7-26)12(28)9-27-14-13(22-17(27)19)15(29)24(3)18(30)23(14)2/h4-7,9H2,1-3H3. The number of hydrogen-bond acceptors (Lipinski definition) is 8. The Balaban J connectivity index is 1.55. The first-order valence-electron chi connectivity index (χ1n) is 9.45. The van der Waals surface area contributed by atoms with Crippen molar-refractivity contribution in [2.45, 2.75) is 13.5 Å². The van der Waals surface area contributed by atoms with Gasteiger partial charge in [0.05, 0.1) is 0 Å². The van der Waals surface area contributed by atoms with Crippen LogP contribution in [-0.4, -0.2) is 60.7 Å². The van der Waals surface area contributed by atoms with E-state index < -0.39 is 11.2 Å². The number of nitrogens with zero attached hydrogens (tertiary/aromatic N) is 8. The molecule has 0 radical (unpaired) electrons. The first-order valence-corrected chi connectivity index (χ1v) is 10.2. The average Bonchev–Trinajstić information content (AvgIpc) is 3.30. The Labute approximate surface area is 184 Å². The summed E-state index contributed by atoms with van der Waals surface area (Å²) >= 11 is 3.30. The molecule has 1 aliphatic heterocycles. The summed E-state index contributed by atoms with van der Waals surface area (Å²) in [6.07, 6.45) is 0. The molecule has 0 aromatic carbocycles. The predicted octanol–water partition coefficient (Wildman–Crippen LogP) is -0.287. The van der Waals surface area contributed by atoms with E-state index in [0.29, 0.717) is 42.7 Å². The number of piperazine rings is 1. The summed E-state index contributed by atoms with van der Waals surface area (Å²) in [4.78, 5) is 49.5. The maximum Gasteiger partial charge on any atom is 0.332 e. The smallest absolute Gasteiger partial charge is 0.332 e. The van der Waals surface area contributed by atoms with E-state index >= 15 is 0 Å². The third kappa shape index (κ3) is 3.42. The molecule has 1 fully saturated rings. The van der Waals surface area contributed by atoms with Crippen molar-refractivity contribution in [3.05, 3.63) is 37.2 Å². The fourth-order valence-electron chi connectivity index (χ4n) is 3.70. The molecule has 0 spiro atoms. The van der Waals surface area contributed by atoms with Crippen molar-refractivity contribution in [3.8, 4) is 6.07 Å². The van der Waals surface area contributed by atoms with Gasteiger partial charge in [-0.25, -0.2) is 14.8 Å². The third-order valence-electron chi connectivity index (χ3n) is 5.33. The van der Waals surface area contributed by atoms with E-state index in [0.717, 1.165) is 4.57 Å². The first kappa shape index (κ1) is 20.9. The van der Waals surface area contributed by atoms with Gasteiger partial charge in [0.1, 0.15) is 12.6 Å². The number of hydrogen-bond donors (Lipinski definition) is 0. The van der Waals surface area contributed by atoms with Gasteiger partial charge in [0, 0.05) is 47.2 Å². The highest BCUT2D eigenvalue weighted by molar-refractivity contribution is 9.10. The lowest BCUT2D eigenvalue weighted by atomic mass is 10.3. The van der Waals surface area contributed by atoms with Gasteiger partial charge in [-0.2, -0.15) is 5.26 Å². The van der Waals surface area contributed by atoms with Crippen LogP contribution in [0.5, 0.6) is 0 Å². The zero-order valence-corrected chi connectivity index (χ0v) is 18.7. The third-order valence-corrected chi connectivity index (χ3v) is 5.93. The Morgan fingerprint density at radius 2 is 1.84 bits per heavy atom. The van der Waals surface area contributed by atoms with Gasteiger partial charge in [-0.3, -0.25) is 23.3 Å². The second kappa shape index (κ2) is 7.69. The van der Waals surface area contributed by atoms with Crippen LogP contribution in [0.2, 0.25) is 0 Å². The zero-order valence-electron chi connectivity index (χ0n) is 17.1. The van der Waals surface area contributed by atoms with E-state index in [9.17, 15) is 19.6 Å². The highest BCUT2D eigenvalue weighted by atomic mass is 79.9. The van der Waals surface area contributed by atoms with Gasteiger partial charge < -0.3 is 14.2 Å². The summed E-state index contributed by atoms with van der Waals surface area (Å²) in [5.41, 5.74) is -0.396. The summed E-state index contributed by atoms with van der Waals surface area (Å²) in [5.74, 6) is 0.655. The number of anilines is 1. The number of fused-ring (bicyclic) bond motifs is 1. The number of aromatic nitrogens is 5. The number of imidazole rings is 1. The molecule has 1 amide bonds. The Bertz CT molecular complexity index is 1350. The molecule has 0 N–H and O–H groups in total. The van der Waals surface area contributed by atoms with Crippen LogP contribution in [0, 0.1) is 18.3 Å². The number of halogens is 1. The van der Waals surface area contributed by atoms with Crippen molar-refractivity contribution in [1.29, 1.82) is 5.26 Å². The van der Waals surface area contributed by atoms with Crippen LogP contribution in [0.3, 0.4) is 0 Å². The Morgan fingerprint density at radius 3 is 2.48 bits per heavy atom. The largest absolute Gasteiger partial charge is 0.424 e. The van der Waals surface area contributed by atoms with Crippen LogP contribution in [0.25, 0.3) is 11.2 Å². The maximum atomic E-state index is 13.0. The van der Waals surface area contributed by atoms with Gasteiger partial charge in [0.15, 0.2) is 21.8 Å². The molecular weight excluding hydrogens is 472 g/mol. The van der Waals surface area contributed by atoms with Gasteiger partial charge in [-0.05, 0) is 15.9 Å². The van der Waals surface area contributed by atoms with Gasteiger partial charge >= 0.3 is 5.69 Å². The fourth-order valence-corrected chi connectivity index (χ4v) is 4.17. The van der Waals surface area contributed by atoms with Crippen LogP contribution in [0.1, 0.15) is 11.6 Å². The van der Waals surface area contributed by atoms with Crippen molar-refractivity contribution < 1.29 is 9.21 Å². The molecule has 12 nitrogen and oxygen atoms in total. The summed E-state index contributed by atoms with van der Waals surface area (Å²) in [5, 5.41) is 9.21. The number of aryl methyl sites for hydroxylation is 2. The number of carbonyl (C=O) groups is 1. The van der Waals surface area contributed by atoms with Crippen LogP contribution in [0.15, 0.2) is 18.7 Å². The normalized spacial score (nSPS) is 14.3. The van der Waals surface area contributed by atoms with Gasteiger partial charge in [0.2, 0.25) is 17.5 Å². The number of nitriles is 1. The second-order valence-electron chi connectivity index (χ2n) is 7.21. The second-order valence-corrected chi connectivity index (χ2v) is 7.92. The maximum absolute atomic E-state index is 13.0. The van der Waals surface area contributed by atoms with E-state index in [4.69, 9.17) is 4.42 Å². The van der Waals surface area contributed by atoms with Gasteiger partial charge in [0.25, 0.3) is 5.56 Å². The van der Waals surface area contributed by atoms with E-state index in [2.05, 4.69) is 25.9 Å². The molecule has 162 valence electrons. The minimum absolute atomic E-state index is 0.0810. The molecule has 4 rings (SSSR count).